The molecule has 4 rings (SSSR count). The monoisotopic (exact) mass is 407 g/mol. The van der Waals surface area contributed by atoms with E-state index in [1.54, 1.807) is 35.0 Å². The lowest BCUT2D eigenvalue weighted by Gasteiger charge is -2.27. The van der Waals surface area contributed by atoms with Crippen LogP contribution in [0.1, 0.15) is 35.1 Å². The number of ether oxygens (including phenoxy) is 2. The summed E-state index contributed by atoms with van der Waals surface area (Å²) in [5.41, 5.74) is 1.18. The van der Waals surface area contributed by atoms with Crippen molar-refractivity contribution in [3.8, 4) is 22.9 Å². The van der Waals surface area contributed by atoms with Crippen molar-refractivity contribution < 1.29 is 14.3 Å². The van der Waals surface area contributed by atoms with Gasteiger partial charge >= 0.3 is 0 Å². The summed E-state index contributed by atoms with van der Waals surface area (Å²) in [6.45, 7) is 0.556. The zero-order valence-corrected chi connectivity index (χ0v) is 16.7. The number of methoxy groups -OCH3 is 2. The van der Waals surface area contributed by atoms with Gasteiger partial charge in [0.1, 0.15) is 12.2 Å². The smallest absolute Gasteiger partial charge is 0.255 e. The molecule has 2 aromatic heterocycles. The average molecular weight is 407 g/mol. The van der Waals surface area contributed by atoms with Crippen molar-refractivity contribution in [2.24, 2.45) is 0 Å². The number of fused-ring (bicyclic) bond motifs is 1. The first-order chi connectivity index (χ1) is 14.6. The molecule has 1 aromatic carbocycles. The van der Waals surface area contributed by atoms with Crippen molar-refractivity contribution in [2.75, 3.05) is 14.2 Å². The second-order valence-corrected chi connectivity index (χ2v) is 6.79. The summed E-state index contributed by atoms with van der Waals surface area (Å²) < 4.78 is 12.3. The van der Waals surface area contributed by atoms with Gasteiger partial charge < -0.3 is 14.8 Å². The van der Waals surface area contributed by atoms with E-state index in [9.17, 15) is 9.59 Å². The van der Waals surface area contributed by atoms with Crippen LogP contribution in [-0.2, 0) is 6.54 Å². The van der Waals surface area contributed by atoms with Crippen LogP contribution < -0.4 is 20.3 Å². The topological polar surface area (TPSA) is 108 Å². The van der Waals surface area contributed by atoms with Gasteiger partial charge in [0.15, 0.2) is 11.5 Å². The third-order valence-electron chi connectivity index (χ3n) is 5.02. The summed E-state index contributed by atoms with van der Waals surface area (Å²) >= 11 is 0. The fraction of sp³-hybridized carbons (Fsp3) is 0.286. The quantitative estimate of drug-likeness (QED) is 0.689. The van der Waals surface area contributed by atoms with Crippen LogP contribution in [0.2, 0.25) is 0 Å². The first-order valence-electron chi connectivity index (χ1n) is 9.52. The van der Waals surface area contributed by atoms with Gasteiger partial charge in [-0.2, -0.15) is 0 Å². The summed E-state index contributed by atoms with van der Waals surface area (Å²) in [5, 5.41) is 2.99. The lowest BCUT2D eigenvalue weighted by Crippen LogP contribution is -2.38. The van der Waals surface area contributed by atoms with E-state index in [4.69, 9.17) is 9.47 Å². The Bertz CT molecular complexity index is 1130. The SMILES string of the molecule is COc1cccc(C(=O)NC2CCCn3c2nc(-c2ccncn2)cc3=O)c1OC. The first kappa shape index (κ1) is 19.6. The third-order valence-corrected chi connectivity index (χ3v) is 5.02. The van der Waals surface area contributed by atoms with Gasteiger partial charge in [0, 0.05) is 18.8 Å². The third kappa shape index (κ3) is 3.61. The van der Waals surface area contributed by atoms with E-state index in [2.05, 4.69) is 20.3 Å². The van der Waals surface area contributed by atoms with Crippen LogP contribution in [0.3, 0.4) is 0 Å². The molecule has 3 aromatic rings. The van der Waals surface area contributed by atoms with Crippen LogP contribution in [0.4, 0.5) is 0 Å². The van der Waals surface area contributed by atoms with E-state index < -0.39 is 6.04 Å². The minimum atomic E-state index is -0.420. The molecule has 3 heterocycles. The van der Waals surface area contributed by atoms with E-state index in [-0.39, 0.29) is 11.5 Å². The molecule has 1 atom stereocenters. The molecule has 1 amide bonds. The Labute approximate surface area is 172 Å². The molecule has 0 saturated heterocycles. The zero-order valence-electron chi connectivity index (χ0n) is 16.7. The molecular formula is C21H21N5O4. The van der Waals surface area contributed by atoms with Gasteiger partial charge in [0.05, 0.1) is 37.2 Å². The zero-order chi connectivity index (χ0) is 21.1. The normalized spacial score (nSPS) is 15.2. The fourth-order valence-corrected chi connectivity index (χ4v) is 3.61. The van der Waals surface area contributed by atoms with E-state index >= 15 is 0 Å². The van der Waals surface area contributed by atoms with E-state index in [1.165, 1.54) is 26.6 Å². The summed E-state index contributed by atoms with van der Waals surface area (Å²) in [5.74, 6) is 1.01. The van der Waals surface area contributed by atoms with Gasteiger partial charge in [-0.15, -0.1) is 0 Å². The number of rotatable bonds is 5. The maximum absolute atomic E-state index is 13.0. The number of para-hydroxylation sites is 1. The second kappa shape index (κ2) is 8.32. The summed E-state index contributed by atoms with van der Waals surface area (Å²) in [4.78, 5) is 38.4. The van der Waals surface area contributed by atoms with Crippen molar-refractivity contribution in [1.82, 2.24) is 24.8 Å². The van der Waals surface area contributed by atoms with Gasteiger partial charge in [-0.3, -0.25) is 14.2 Å². The molecule has 0 radical (unpaired) electrons. The fourth-order valence-electron chi connectivity index (χ4n) is 3.61. The van der Waals surface area contributed by atoms with Crippen molar-refractivity contribution in [1.29, 1.82) is 0 Å². The van der Waals surface area contributed by atoms with Crippen LogP contribution in [0, 0.1) is 0 Å². The van der Waals surface area contributed by atoms with Gasteiger partial charge in [-0.05, 0) is 31.0 Å². The standard InChI is InChI=1S/C21H21N5O4/c1-29-17-7-3-5-13(19(17)30-2)21(28)25-15-6-4-10-26-18(27)11-16(24-20(15)26)14-8-9-22-12-23-14/h3,5,7-9,11-12,15H,4,6,10H2,1-2H3,(H,25,28). The number of nitrogens with one attached hydrogen (secondary N) is 1. The Kier molecular flexibility index (Phi) is 5.42. The number of hydrogen-bond donors (Lipinski definition) is 1. The molecule has 9 nitrogen and oxygen atoms in total. The number of aromatic nitrogens is 4. The van der Waals surface area contributed by atoms with E-state index in [1.807, 2.05) is 0 Å². The number of carbonyl (C=O) groups is 1. The molecule has 0 saturated carbocycles. The maximum Gasteiger partial charge on any atom is 0.255 e. The number of hydrogen-bond acceptors (Lipinski definition) is 7. The highest BCUT2D eigenvalue weighted by Crippen LogP contribution is 2.31. The highest BCUT2D eigenvalue weighted by Gasteiger charge is 2.27. The Morgan fingerprint density at radius 2 is 2.07 bits per heavy atom. The second-order valence-electron chi connectivity index (χ2n) is 6.79. The molecule has 0 spiro atoms. The number of benzene rings is 1. The lowest BCUT2D eigenvalue weighted by molar-refractivity contribution is 0.0923. The summed E-state index contributed by atoms with van der Waals surface area (Å²) in [7, 11) is 3.00. The summed E-state index contributed by atoms with van der Waals surface area (Å²) in [6.07, 6.45) is 4.41. The Morgan fingerprint density at radius 3 is 2.80 bits per heavy atom. The molecule has 1 N–H and O–H groups in total. The van der Waals surface area contributed by atoms with Gasteiger partial charge in [0.25, 0.3) is 11.5 Å². The molecule has 0 aliphatic carbocycles. The summed E-state index contributed by atoms with van der Waals surface area (Å²) in [6, 6.07) is 7.84. The number of amides is 1. The minimum Gasteiger partial charge on any atom is -0.493 e. The van der Waals surface area contributed by atoms with Crippen molar-refractivity contribution >= 4 is 5.91 Å². The number of carbonyl (C=O) groups excluding carboxylic acids is 1. The predicted molar refractivity (Wildman–Crippen MR) is 109 cm³/mol. The average Bonchev–Trinajstić information content (AvgIpc) is 2.79. The van der Waals surface area contributed by atoms with Crippen LogP contribution in [0.15, 0.2) is 47.7 Å². The lowest BCUT2D eigenvalue weighted by atomic mass is 10.0. The molecule has 0 bridgehead atoms. The number of nitrogens with zero attached hydrogens (tertiary/aromatic N) is 4. The van der Waals surface area contributed by atoms with Gasteiger partial charge in [-0.1, -0.05) is 6.07 Å². The van der Waals surface area contributed by atoms with Crippen molar-refractivity contribution in [3.05, 3.63) is 64.6 Å². The predicted octanol–water partition coefficient (Wildman–Crippen LogP) is 1.98. The molecule has 30 heavy (non-hydrogen) atoms. The Morgan fingerprint density at radius 1 is 1.20 bits per heavy atom. The van der Waals surface area contributed by atoms with Gasteiger partial charge in [0.2, 0.25) is 0 Å². The van der Waals surface area contributed by atoms with Crippen LogP contribution in [0.5, 0.6) is 11.5 Å². The first-order valence-corrected chi connectivity index (χ1v) is 9.52. The van der Waals surface area contributed by atoms with E-state index in [0.29, 0.717) is 47.2 Å². The van der Waals surface area contributed by atoms with Crippen LogP contribution in [-0.4, -0.2) is 39.6 Å². The molecule has 9 heteroatoms. The van der Waals surface area contributed by atoms with Crippen molar-refractivity contribution in [3.63, 3.8) is 0 Å². The molecule has 154 valence electrons. The molecule has 1 aliphatic heterocycles. The largest absolute Gasteiger partial charge is 0.493 e. The van der Waals surface area contributed by atoms with E-state index in [0.717, 1.165) is 6.42 Å². The molecule has 0 fully saturated rings. The van der Waals surface area contributed by atoms with Crippen LogP contribution >= 0.6 is 0 Å². The van der Waals surface area contributed by atoms with Gasteiger partial charge in [-0.25, -0.2) is 15.0 Å². The molecular weight excluding hydrogens is 386 g/mol. The minimum absolute atomic E-state index is 0.175. The highest BCUT2D eigenvalue weighted by molar-refractivity contribution is 5.98. The molecule has 1 unspecified atom stereocenters. The Hall–Kier alpha value is -3.75. The highest BCUT2D eigenvalue weighted by atomic mass is 16.5. The molecule has 1 aliphatic rings. The Balaban J connectivity index is 1.69. The van der Waals surface area contributed by atoms with Crippen molar-refractivity contribution in [2.45, 2.75) is 25.4 Å². The van der Waals surface area contributed by atoms with Crippen LogP contribution in [0.25, 0.3) is 11.4 Å². The maximum atomic E-state index is 13.0.